The number of phenols is 2. The lowest BCUT2D eigenvalue weighted by molar-refractivity contribution is 0.242. The van der Waals surface area contributed by atoms with Crippen LogP contribution in [0.1, 0.15) is 18.9 Å². The van der Waals surface area contributed by atoms with Gasteiger partial charge in [-0.15, -0.1) is 0 Å². The van der Waals surface area contributed by atoms with Crippen molar-refractivity contribution in [1.82, 2.24) is 0 Å². The largest absolute Gasteiger partial charge is 0.507 e. The maximum absolute atomic E-state index is 9.53. The first-order valence-electron chi connectivity index (χ1n) is 4.40. The molecule has 0 spiro atoms. The standard InChI is InChI=1S/C10H15NO3/c1-10(11,5-6-12)9-7(13)3-2-4-8(9)14/h2-4,12-14H,5-6,11H2,1H3/t10-/m1/s1. The van der Waals surface area contributed by atoms with Crippen molar-refractivity contribution in [2.75, 3.05) is 6.61 Å². The van der Waals surface area contributed by atoms with E-state index in [1.54, 1.807) is 6.92 Å². The number of benzene rings is 1. The topological polar surface area (TPSA) is 86.7 Å². The molecule has 0 saturated carbocycles. The van der Waals surface area contributed by atoms with Gasteiger partial charge < -0.3 is 21.1 Å². The lowest BCUT2D eigenvalue weighted by Gasteiger charge is -2.25. The lowest BCUT2D eigenvalue weighted by atomic mass is 9.88. The van der Waals surface area contributed by atoms with E-state index in [4.69, 9.17) is 10.8 Å². The third kappa shape index (κ3) is 1.97. The molecule has 0 heterocycles. The molecule has 0 unspecified atom stereocenters. The highest BCUT2D eigenvalue weighted by Gasteiger charge is 2.27. The summed E-state index contributed by atoms with van der Waals surface area (Å²) in [7, 11) is 0. The van der Waals surface area contributed by atoms with Crippen molar-refractivity contribution < 1.29 is 15.3 Å². The summed E-state index contributed by atoms with van der Waals surface area (Å²) in [6.07, 6.45) is 0.276. The number of phenolic OH excluding ortho intramolecular Hbond substituents is 2. The van der Waals surface area contributed by atoms with Crippen LogP contribution in [-0.2, 0) is 5.54 Å². The van der Waals surface area contributed by atoms with Crippen LogP contribution in [-0.4, -0.2) is 21.9 Å². The van der Waals surface area contributed by atoms with Crippen LogP contribution >= 0.6 is 0 Å². The van der Waals surface area contributed by atoms with Crippen molar-refractivity contribution in [1.29, 1.82) is 0 Å². The molecule has 0 amide bonds. The monoisotopic (exact) mass is 197 g/mol. The molecule has 1 atom stereocenters. The van der Waals surface area contributed by atoms with Gasteiger partial charge in [-0.3, -0.25) is 0 Å². The summed E-state index contributed by atoms with van der Waals surface area (Å²) in [6, 6.07) is 4.44. The highest BCUT2D eigenvalue weighted by Crippen LogP contribution is 2.36. The predicted octanol–water partition coefficient (Wildman–Crippen LogP) is 0.654. The molecule has 1 aromatic rings. The molecule has 5 N–H and O–H groups in total. The van der Waals surface area contributed by atoms with E-state index in [2.05, 4.69) is 0 Å². The van der Waals surface area contributed by atoms with E-state index in [1.807, 2.05) is 0 Å². The van der Waals surface area contributed by atoms with Gasteiger partial charge in [0, 0.05) is 12.1 Å². The molecule has 0 aliphatic heterocycles. The Labute approximate surface area is 82.6 Å². The Kier molecular flexibility index (Phi) is 2.98. The zero-order valence-corrected chi connectivity index (χ0v) is 8.07. The molecule has 14 heavy (non-hydrogen) atoms. The van der Waals surface area contributed by atoms with E-state index < -0.39 is 5.54 Å². The van der Waals surface area contributed by atoms with Gasteiger partial charge in [-0.1, -0.05) is 6.07 Å². The molecule has 0 aliphatic carbocycles. The van der Waals surface area contributed by atoms with Gasteiger partial charge in [0.05, 0.1) is 5.56 Å². The van der Waals surface area contributed by atoms with Crippen LogP contribution in [0.4, 0.5) is 0 Å². The Hall–Kier alpha value is -1.26. The molecule has 1 aromatic carbocycles. The van der Waals surface area contributed by atoms with E-state index in [0.29, 0.717) is 0 Å². The summed E-state index contributed by atoms with van der Waals surface area (Å²) >= 11 is 0. The lowest BCUT2D eigenvalue weighted by Crippen LogP contribution is -2.34. The normalized spacial score (nSPS) is 15.1. The maximum atomic E-state index is 9.53. The number of aliphatic hydroxyl groups is 1. The fourth-order valence-corrected chi connectivity index (χ4v) is 1.47. The minimum atomic E-state index is -0.926. The van der Waals surface area contributed by atoms with Crippen molar-refractivity contribution in [3.63, 3.8) is 0 Å². The summed E-state index contributed by atoms with van der Waals surface area (Å²) in [5, 5.41) is 27.9. The minimum absolute atomic E-state index is 0.0524. The average molecular weight is 197 g/mol. The highest BCUT2D eigenvalue weighted by molar-refractivity contribution is 5.47. The summed E-state index contributed by atoms with van der Waals surface area (Å²) in [5.41, 5.74) is 5.22. The second-order valence-corrected chi connectivity index (χ2v) is 3.56. The molecule has 1 rings (SSSR count). The van der Waals surface area contributed by atoms with Gasteiger partial charge in [0.15, 0.2) is 0 Å². The van der Waals surface area contributed by atoms with Gasteiger partial charge in [0.2, 0.25) is 0 Å². The second-order valence-electron chi connectivity index (χ2n) is 3.56. The number of aliphatic hydroxyl groups excluding tert-OH is 1. The van der Waals surface area contributed by atoms with Crippen LogP contribution in [0.2, 0.25) is 0 Å². The van der Waals surface area contributed by atoms with E-state index in [0.717, 1.165) is 0 Å². The molecular formula is C10H15NO3. The molecule has 0 fully saturated rings. The van der Waals surface area contributed by atoms with Gasteiger partial charge in [-0.25, -0.2) is 0 Å². The summed E-state index contributed by atoms with van der Waals surface area (Å²) in [6.45, 7) is 1.55. The van der Waals surface area contributed by atoms with E-state index in [1.165, 1.54) is 18.2 Å². The number of aromatic hydroxyl groups is 2. The van der Waals surface area contributed by atoms with E-state index >= 15 is 0 Å². The highest BCUT2D eigenvalue weighted by atomic mass is 16.3. The Bertz CT molecular complexity index is 303. The first-order valence-corrected chi connectivity index (χ1v) is 4.40. The van der Waals surface area contributed by atoms with E-state index in [9.17, 15) is 10.2 Å². The Morgan fingerprint density at radius 1 is 1.29 bits per heavy atom. The molecule has 4 nitrogen and oxygen atoms in total. The first-order chi connectivity index (χ1) is 6.49. The zero-order chi connectivity index (χ0) is 10.8. The molecule has 0 aromatic heterocycles. The molecule has 78 valence electrons. The average Bonchev–Trinajstić information content (AvgIpc) is 2.02. The minimum Gasteiger partial charge on any atom is -0.507 e. The Morgan fingerprint density at radius 3 is 2.21 bits per heavy atom. The molecule has 0 bridgehead atoms. The van der Waals surface area contributed by atoms with Crippen LogP contribution in [0.5, 0.6) is 11.5 Å². The van der Waals surface area contributed by atoms with Gasteiger partial charge in [-0.05, 0) is 25.5 Å². The maximum Gasteiger partial charge on any atom is 0.124 e. The Morgan fingerprint density at radius 2 is 1.79 bits per heavy atom. The third-order valence-electron chi connectivity index (χ3n) is 2.22. The van der Waals surface area contributed by atoms with Crippen LogP contribution in [0.15, 0.2) is 18.2 Å². The van der Waals surface area contributed by atoms with E-state index in [-0.39, 0.29) is 30.1 Å². The van der Waals surface area contributed by atoms with Crippen LogP contribution in [0.3, 0.4) is 0 Å². The predicted molar refractivity (Wildman–Crippen MR) is 53.0 cm³/mol. The van der Waals surface area contributed by atoms with Crippen LogP contribution in [0.25, 0.3) is 0 Å². The van der Waals surface area contributed by atoms with Crippen LogP contribution in [0, 0.1) is 0 Å². The summed E-state index contributed by atoms with van der Waals surface area (Å²) in [5.74, 6) is -0.105. The van der Waals surface area contributed by atoms with Crippen molar-refractivity contribution in [2.45, 2.75) is 18.9 Å². The number of nitrogens with two attached hydrogens (primary N) is 1. The second kappa shape index (κ2) is 3.86. The van der Waals surface area contributed by atoms with Crippen molar-refractivity contribution in [3.05, 3.63) is 23.8 Å². The van der Waals surface area contributed by atoms with Gasteiger partial charge in [-0.2, -0.15) is 0 Å². The van der Waals surface area contributed by atoms with Crippen LogP contribution < -0.4 is 5.73 Å². The quantitative estimate of drug-likeness (QED) is 0.573. The third-order valence-corrected chi connectivity index (χ3v) is 2.22. The fourth-order valence-electron chi connectivity index (χ4n) is 1.47. The molecule has 0 radical (unpaired) electrons. The number of hydrogen-bond acceptors (Lipinski definition) is 4. The smallest absolute Gasteiger partial charge is 0.124 e. The van der Waals surface area contributed by atoms with Crippen molar-refractivity contribution >= 4 is 0 Å². The van der Waals surface area contributed by atoms with Crippen molar-refractivity contribution in [2.24, 2.45) is 5.73 Å². The zero-order valence-electron chi connectivity index (χ0n) is 8.07. The molecule has 0 aliphatic rings. The fraction of sp³-hybridized carbons (Fsp3) is 0.400. The van der Waals surface area contributed by atoms with Crippen molar-refractivity contribution in [3.8, 4) is 11.5 Å². The van der Waals surface area contributed by atoms with Gasteiger partial charge >= 0.3 is 0 Å². The number of hydrogen-bond donors (Lipinski definition) is 4. The summed E-state index contributed by atoms with van der Waals surface area (Å²) < 4.78 is 0. The molecule has 0 saturated heterocycles. The van der Waals surface area contributed by atoms with Gasteiger partial charge in [0.1, 0.15) is 11.5 Å². The first kappa shape index (κ1) is 10.8. The van der Waals surface area contributed by atoms with Gasteiger partial charge in [0.25, 0.3) is 0 Å². The number of rotatable bonds is 3. The summed E-state index contributed by atoms with van der Waals surface area (Å²) in [4.78, 5) is 0. The molecule has 4 heteroatoms. The molecular weight excluding hydrogens is 182 g/mol. The SMILES string of the molecule is C[C@@](N)(CCO)c1c(O)cccc1O. The Balaban J connectivity index is 3.17.